The van der Waals surface area contributed by atoms with Gasteiger partial charge in [0.05, 0.1) is 12.5 Å². The molecule has 0 aliphatic rings. The van der Waals surface area contributed by atoms with Crippen molar-refractivity contribution in [2.24, 2.45) is 0 Å². The van der Waals surface area contributed by atoms with Gasteiger partial charge in [-0.25, -0.2) is 4.98 Å². The van der Waals surface area contributed by atoms with E-state index in [1.807, 2.05) is 0 Å². The number of aromatic nitrogens is 1. The van der Waals surface area contributed by atoms with Crippen molar-refractivity contribution in [2.75, 3.05) is 0 Å². The topological polar surface area (TPSA) is 62.2 Å². The summed E-state index contributed by atoms with van der Waals surface area (Å²) >= 11 is 4.00. The van der Waals surface area contributed by atoms with E-state index in [2.05, 4.69) is 26.2 Å². The van der Waals surface area contributed by atoms with Gasteiger partial charge in [0.1, 0.15) is 5.01 Å². The van der Waals surface area contributed by atoms with Crippen LogP contribution < -0.4 is 5.32 Å². The fourth-order valence-corrected chi connectivity index (χ4v) is 3.81. The molecule has 1 amide bonds. The number of aliphatic hydroxyl groups is 1. The molecule has 0 fully saturated rings. The Bertz CT molecular complexity index is 766. The van der Waals surface area contributed by atoms with Gasteiger partial charge in [-0.2, -0.15) is 13.2 Å². The smallest absolute Gasteiger partial charge is 0.374 e. The molecule has 2 N–H and O–H groups in total. The monoisotopic (exact) mass is 436 g/mol. The third-order valence-electron chi connectivity index (χ3n) is 3.61. The van der Waals surface area contributed by atoms with E-state index in [4.69, 9.17) is 0 Å². The second-order valence-corrected chi connectivity index (χ2v) is 7.35. The summed E-state index contributed by atoms with van der Waals surface area (Å²) in [6, 6.07) is 6.53. The van der Waals surface area contributed by atoms with Crippen LogP contribution in [0.2, 0.25) is 0 Å². The molecular weight excluding hydrogens is 421 g/mol. The maximum Gasteiger partial charge on any atom is 0.424 e. The lowest BCUT2D eigenvalue weighted by molar-refractivity contribution is -0.267. The predicted octanol–water partition coefficient (Wildman–Crippen LogP) is 4.23. The van der Waals surface area contributed by atoms with Crippen molar-refractivity contribution in [3.8, 4) is 0 Å². The number of hydrogen-bond donors (Lipinski definition) is 2. The molecule has 0 saturated heterocycles. The van der Waals surface area contributed by atoms with Gasteiger partial charge in [0.2, 0.25) is 11.5 Å². The van der Waals surface area contributed by atoms with Crippen LogP contribution in [0.25, 0.3) is 0 Å². The molecule has 2 rings (SSSR count). The summed E-state index contributed by atoms with van der Waals surface area (Å²) in [7, 11) is 0. The van der Waals surface area contributed by atoms with Gasteiger partial charge in [-0.05, 0) is 25.5 Å². The van der Waals surface area contributed by atoms with Crippen LogP contribution in [0.4, 0.5) is 13.2 Å². The quantitative estimate of drug-likeness (QED) is 0.736. The van der Waals surface area contributed by atoms with E-state index in [9.17, 15) is 23.1 Å². The highest BCUT2D eigenvalue weighted by Gasteiger charge is 2.58. The molecule has 0 saturated carbocycles. The third kappa shape index (κ3) is 4.39. The number of rotatable bonds is 5. The minimum absolute atomic E-state index is 0.352. The molecule has 0 bridgehead atoms. The molecule has 1 heterocycles. The summed E-state index contributed by atoms with van der Waals surface area (Å²) in [5.74, 6) is -0.920. The summed E-state index contributed by atoms with van der Waals surface area (Å²) in [4.78, 5) is 15.9. The zero-order valence-corrected chi connectivity index (χ0v) is 15.8. The van der Waals surface area contributed by atoms with Crippen molar-refractivity contribution in [3.63, 3.8) is 0 Å². The first-order valence-electron chi connectivity index (χ1n) is 7.30. The summed E-state index contributed by atoms with van der Waals surface area (Å²) in [6.45, 7) is 3.17. The van der Waals surface area contributed by atoms with Gasteiger partial charge in [0, 0.05) is 15.5 Å². The largest absolute Gasteiger partial charge is 0.424 e. The first kappa shape index (κ1) is 19.9. The summed E-state index contributed by atoms with van der Waals surface area (Å²) in [5, 5.41) is 13.5. The molecule has 0 spiro atoms. The number of carbonyl (C=O) groups is 1. The van der Waals surface area contributed by atoms with E-state index in [0.717, 1.165) is 10.0 Å². The Balaban J connectivity index is 2.19. The summed E-state index contributed by atoms with van der Waals surface area (Å²) < 4.78 is 41.0. The van der Waals surface area contributed by atoms with Crippen molar-refractivity contribution in [1.82, 2.24) is 10.3 Å². The second kappa shape index (κ2) is 7.43. The van der Waals surface area contributed by atoms with Crippen molar-refractivity contribution in [2.45, 2.75) is 38.1 Å². The number of aryl methyl sites for hydroxylation is 1. The number of nitrogens with one attached hydrogen (secondary N) is 1. The van der Waals surface area contributed by atoms with Crippen LogP contribution in [-0.4, -0.2) is 22.2 Å². The van der Waals surface area contributed by atoms with Crippen LogP contribution in [0.3, 0.4) is 0 Å². The number of halogens is 4. The van der Waals surface area contributed by atoms with E-state index in [1.54, 1.807) is 31.2 Å². The molecule has 0 aliphatic heterocycles. The molecule has 0 aliphatic carbocycles. The van der Waals surface area contributed by atoms with Gasteiger partial charge < -0.3 is 10.4 Å². The zero-order valence-electron chi connectivity index (χ0n) is 13.4. The lowest BCUT2D eigenvalue weighted by Gasteiger charge is -2.28. The van der Waals surface area contributed by atoms with E-state index in [1.165, 1.54) is 12.3 Å². The molecule has 2 unspecified atom stereocenters. The standard InChI is InChI=1S/C16H16BrF3N2O2S/c1-9-8-25-14(21-9)15(24,16(18,19)20)7-13(23)22-10(2)11-5-3-4-6-12(11)17/h3-6,8,10,24H,7H2,1-2H3,(H,22,23). The first-order chi connectivity index (χ1) is 11.5. The highest BCUT2D eigenvalue weighted by molar-refractivity contribution is 9.10. The van der Waals surface area contributed by atoms with E-state index in [0.29, 0.717) is 17.0 Å². The van der Waals surface area contributed by atoms with Crippen molar-refractivity contribution in [1.29, 1.82) is 0 Å². The van der Waals surface area contributed by atoms with Gasteiger partial charge in [-0.3, -0.25) is 4.79 Å². The van der Waals surface area contributed by atoms with Crippen LogP contribution in [0.5, 0.6) is 0 Å². The van der Waals surface area contributed by atoms with Gasteiger partial charge in [-0.1, -0.05) is 34.1 Å². The highest BCUT2D eigenvalue weighted by Crippen LogP contribution is 2.42. The number of thiazole rings is 1. The zero-order chi connectivity index (χ0) is 18.8. The molecule has 4 nitrogen and oxygen atoms in total. The van der Waals surface area contributed by atoms with Crippen LogP contribution in [0.1, 0.15) is 35.7 Å². The molecule has 136 valence electrons. The predicted molar refractivity (Wildman–Crippen MR) is 92.1 cm³/mol. The van der Waals surface area contributed by atoms with Crippen LogP contribution in [-0.2, 0) is 10.4 Å². The van der Waals surface area contributed by atoms with Gasteiger partial charge >= 0.3 is 6.18 Å². The summed E-state index contributed by atoms with van der Waals surface area (Å²) in [5.41, 5.74) is -2.25. The average Bonchev–Trinajstić information content (AvgIpc) is 2.93. The lowest BCUT2D eigenvalue weighted by atomic mass is 9.98. The van der Waals surface area contributed by atoms with E-state index in [-0.39, 0.29) is 0 Å². The third-order valence-corrected chi connectivity index (χ3v) is 5.44. The maximum absolute atomic E-state index is 13.4. The molecule has 1 aromatic carbocycles. The Hall–Kier alpha value is -1.45. The van der Waals surface area contributed by atoms with Crippen LogP contribution in [0, 0.1) is 6.92 Å². The Morgan fingerprint density at radius 3 is 2.56 bits per heavy atom. The molecule has 2 atom stereocenters. The van der Waals surface area contributed by atoms with Gasteiger partial charge in [0.25, 0.3) is 0 Å². The van der Waals surface area contributed by atoms with Crippen molar-refractivity contribution in [3.05, 3.63) is 50.4 Å². The normalized spacial score (nSPS) is 15.5. The number of carbonyl (C=O) groups excluding carboxylic acids is 1. The number of hydrogen-bond acceptors (Lipinski definition) is 4. The molecule has 0 radical (unpaired) electrons. The maximum atomic E-state index is 13.4. The minimum atomic E-state index is -5.02. The minimum Gasteiger partial charge on any atom is -0.374 e. The van der Waals surface area contributed by atoms with E-state index < -0.39 is 35.2 Å². The lowest BCUT2D eigenvalue weighted by Crippen LogP contribution is -2.46. The average molecular weight is 437 g/mol. The molecular formula is C16H16BrF3N2O2S. The Morgan fingerprint density at radius 1 is 1.40 bits per heavy atom. The van der Waals surface area contributed by atoms with Crippen molar-refractivity contribution >= 4 is 33.2 Å². The van der Waals surface area contributed by atoms with E-state index >= 15 is 0 Å². The van der Waals surface area contributed by atoms with Crippen molar-refractivity contribution < 1.29 is 23.1 Å². The fourth-order valence-electron chi connectivity index (χ4n) is 2.27. The molecule has 25 heavy (non-hydrogen) atoms. The van der Waals surface area contributed by atoms with Crippen LogP contribution in [0.15, 0.2) is 34.1 Å². The second-order valence-electron chi connectivity index (χ2n) is 5.64. The van der Waals surface area contributed by atoms with Gasteiger partial charge in [0.15, 0.2) is 0 Å². The van der Waals surface area contributed by atoms with Gasteiger partial charge in [-0.15, -0.1) is 11.3 Å². The number of amides is 1. The molecule has 9 heteroatoms. The Labute approximate surface area is 155 Å². The SMILES string of the molecule is Cc1csc(C(O)(CC(=O)NC(C)c2ccccc2Br)C(F)(F)F)n1. The Kier molecular flexibility index (Phi) is 5.90. The van der Waals surface area contributed by atoms with Crippen LogP contribution >= 0.6 is 27.3 Å². The molecule has 2 aromatic rings. The molecule has 1 aromatic heterocycles. The summed E-state index contributed by atoms with van der Waals surface area (Å²) in [6.07, 6.45) is -6.18. The highest BCUT2D eigenvalue weighted by atomic mass is 79.9. The fraction of sp³-hybridized carbons (Fsp3) is 0.375. The number of benzene rings is 1. The first-order valence-corrected chi connectivity index (χ1v) is 8.97. The number of nitrogens with zero attached hydrogens (tertiary/aromatic N) is 1. The number of alkyl halides is 3. The Morgan fingerprint density at radius 2 is 2.04 bits per heavy atom.